The lowest BCUT2D eigenvalue weighted by Crippen LogP contribution is -2.49. The molecule has 0 saturated carbocycles. The highest BCUT2D eigenvalue weighted by Crippen LogP contribution is 2.32. The fourth-order valence-corrected chi connectivity index (χ4v) is 2.18. The van der Waals surface area contributed by atoms with Crippen molar-refractivity contribution in [2.75, 3.05) is 11.4 Å². The largest absolute Gasteiger partial charge is 0.369 e. The summed E-state index contributed by atoms with van der Waals surface area (Å²) < 4.78 is 0. The molecule has 0 spiro atoms. The quantitative estimate of drug-likeness (QED) is 0.859. The van der Waals surface area contributed by atoms with Crippen LogP contribution in [0.25, 0.3) is 0 Å². The van der Waals surface area contributed by atoms with Crippen molar-refractivity contribution < 1.29 is 0 Å². The topological polar surface area (TPSA) is 41.6 Å². The van der Waals surface area contributed by atoms with Gasteiger partial charge in [0.2, 0.25) is 0 Å². The maximum Gasteiger partial charge on any atom is 0.196 e. The Morgan fingerprint density at radius 3 is 2.94 bits per heavy atom. The van der Waals surface area contributed by atoms with E-state index in [1.807, 2.05) is 24.3 Å². The van der Waals surface area contributed by atoms with E-state index in [0.717, 1.165) is 23.7 Å². The fraction of sp³-hybridized carbons (Fsp3) is 0.417. The second-order valence-electron chi connectivity index (χ2n) is 4.34. The van der Waals surface area contributed by atoms with Crippen molar-refractivity contribution in [2.24, 2.45) is 10.7 Å². The van der Waals surface area contributed by atoms with Crippen LogP contribution in [0, 0.1) is 0 Å². The van der Waals surface area contributed by atoms with E-state index >= 15 is 0 Å². The number of rotatable bonds is 2. The molecule has 3 nitrogen and oxygen atoms in total. The molecule has 0 amide bonds. The van der Waals surface area contributed by atoms with Crippen LogP contribution in [0.2, 0.25) is 5.02 Å². The van der Waals surface area contributed by atoms with E-state index in [9.17, 15) is 0 Å². The number of halogens is 1. The molecule has 16 heavy (non-hydrogen) atoms. The zero-order chi connectivity index (χ0) is 11.8. The Hall–Kier alpha value is -1.22. The van der Waals surface area contributed by atoms with Crippen LogP contribution < -0.4 is 10.6 Å². The van der Waals surface area contributed by atoms with E-state index in [4.69, 9.17) is 17.3 Å². The van der Waals surface area contributed by atoms with Gasteiger partial charge in [0.1, 0.15) is 0 Å². The molecule has 2 rings (SSSR count). The molecule has 0 saturated heterocycles. The first kappa shape index (κ1) is 11.3. The lowest BCUT2D eigenvalue weighted by Gasteiger charge is -2.35. The van der Waals surface area contributed by atoms with Gasteiger partial charge in [0, 0.05) is 10.7 Å². The summed E-state index contributed by atoms with van der Waals surface area (Å²) in [7, 11) is 0. The first-order valence-corrected chi connectivity index (χ1v) is 5.80. The molecule has 0 aromatic heterocycles. The number of benzene rings is 1. The average molecular weight is 238 g/mol. The normalized spacial score (nSPS) is 24.7. The maximum atomic E-state index is 6.00. The van der Waals surface area contributed by atoms with Crippen LogP contribution in [0.1, 0.15) is 20.3 Å². The minimum Gasteiger partial charge on any atom is -0.369 e. The highest BCUT2D eigenvalue weighted by molar-refractivity contribution is 6.31. The van der Waals surface area contributed by atoms with Gasteiger partial charge in [0.15, 0.2) is 5.96 Å². The maximum absolute atomic E-state index is 6.00. The number of guanidine groups is 1. The SMILES string of the molecule is CCC1(C)CN=C(N)N1c1cccc(Cl)c1. The number of nitrogens with zero attached hydrogens (tertiary/aromatic N) is 2. The molecule has 4 heteroatoms. The third kappa shape index (κ3) is 1.76. The van der Waals surface area contributed by atoms with E-state index in [0.29, 0.717) is 5.96 Å². The molecule has 1 atom stereocenters. The van der Waals surface area contributed by atoms with E-state index in [1.54, 1.807) is 0 Å². The standard InChI is InChI=1S/C12H16ClN3/c1-3-12(2)8-15-11(14)16(12)10-6-4-5-9(13)7-10/h4-7H,3,8H2,1-2H3,(H2,14,15). The number of hydrogen-bond donors (Lipinski definition) is 1. The predicted molar refractivity (Wildman–Crippen MR) is 69.1 cm³/mol. The summed E-state index contributed by atoms with van der Waals surface area (Å²) in [5.74, 6) is 0.576. The van der Waals surface area contributed by atoms with Gasteiger partial charge in [0.05, 0.1) is 12.1 Å². The third-order valence-corrected chi connectivity index (χ3v) is 3.41. The molecular weight excluding hydrogens is 222 g/mol. The summed E-state index contributed by atoms with van der Waals surface area (Å²) >= 11 is 6.00. The van der Waals surface area contributed by atoms with Gasteiger partial charge in [-0.15, -0.1) is 0 Å². The van der Waals surface area contributed by atoms with Crippen LogP contribution in [0.3, 0.4) is 0 Å². The Kier molecular flexibility index (Phi) is 2.80. The van der Waals surface area contributed by atoms with Crippen LogP contribution in [0.4, 0.5) is 5.69 Å². The molecule has 1 aliphatic rings. The Balaban J connectivity index is 2.42. The molecule has 0 aliphatic carbocycles. The minimum absolute atomic E-state index is 0.0330. The zero-order valence-electron chi connectivity index (χ0n) is 9.57. The molecular formula is C12H16ClN3. The number of anilines is 1. The Morgan fingerprint density at radius 2 is 2.31 bits per heavy atom. The Bertz CT molecular complexity index is 430. The second-order valence-corrected chi connectivity index (χ2v) is 4.78. The monoisotopic (exact) mass is 237 g/mol. The third-order valence-electron chi connectivity index (χ3n) is 3.18. The highest BCUT2D eigenvalue weighted by atomic mass is 35.5. The van der Waals surface area contributed by atoms with Crippen molar-refractivity contribution in [3.63, 3.8) is 0 Å². The predicted octanol–water partition coefficient (Wildman–Crippen LogP) is 2.64. The van der Waals surface area contributed by atoms with Crippen LogP contribution in [0.15, 0.2) is 29.3 Å². The molecule has 0 bridgehead atoms. The summed E-state index contributed by atoms with van der Waals surface area (Å²) in [4.78, 5) is 6.39. The highest BCUT2D eigenvalue weighted by Gasteiger charge is 2.37. The summed E-state index contributed by atoms with van der Waals surface area (Å²) in [6, 6.07) is 7.72. The summed E-state index contributed by atoms with van der Waals surface area (Å²) in [5.41, 5.74) is 6.92. The number of hydrogen-bond acceptors (Lipinski definition) is 3. The fourth-order valence-electron chi connectivity index (χ4n) is 2.00. The summed E-state index contributed by atoms with van der Waals surface area (Å²) in [6.45, 7) is 5.05. The van der Waals surface area contributed by atoms with Crippen molar-refractivity contribution in [3.05, 3.63) is 29.3 Å². The van der Waals surface area contributed by atoms with Gasteiger partial charge < -0.3 is 10.6 Å². The van der Waals surface area contributed by atoms with Gasteiger partial charge >= 0.3 is 0 Å². The lowest BCUT2D eigenvalue weighted by molar-refractivity contribution is 0.486. The van der Waals surface area contributed by atoms with Crippen molar-refractivity contribution in [1.82, 2.24) is 0 Å². The van der Waals surface area contributed by atoms with Gasteiger partial charge in [-0.1, -0.05) is 24.6 Å². The van der Waals surface area contributed by atoms with Crippen molar-refractivity contribution in [3.8, 4) is 0 Å². The van der Waals surface area contributed by atoms with E-state index in [-0.39, 0.29) is 5.54 Å². The molecule has 2 N–H and O–H groups in total. The lowest BCUT2D eigenvalue weighted by atomic mass is 9.97. The number of aliphatic imine (C=N–C) groups is 1. The van der Waals surface area contributed by atoms with Gasteiger partial charge in [0.25, 0.3) is 0 Å². The molecule has 0 radical (unpaired) electrons. The average Bonchev–Trinajstić information content (AvgIpc) is 2.56. The van der Waals surface area contributed by atoms with Crippen molar-refractivity contribution in [1.29, 1.82) is 0 Å². The number of nitrogens with two attached hydrogens (primary N) is 1. The van der Waals surface area contributed by atoms with Gasteiger partial charge in [-0.2, -0.15) is 0 Å². The van der Waals surface area contributed by atoms with Crippen LogP contribution >= 0.6 is 11.6 Å². The zero-order valence-corrected chi connectivity index (χ0v) is 10.3. The summed E-state index contributed by atoms with van der Waals surface area (Å²) in [5, 5.41) is 0.718. The van der Waals surface area contributed by atoms with E-state index in [2.05, 4.69) is 23.7 Å². The Morgan fingerprint density at radius 1 is 1.56 bits per heavy atom. The molecule has 1 aliphatic heterocycles. The minimum atomic E-state index is -0.0330. The Labute approximate surface area is 101 Å². The smallest absolute Gasteiger partial charge is 0.196 e. The molecule has 1 aromatic carbocycles. The summed E-state index contributed by atoms with van der Waals surface area (Å²) in [6.07, 6.45) is 0.990. The second kappa shape index (κ2) is 3.98. The molecule has 1 unspecified atom stereocenters. The molecule has 1 heterocycles. The van der Waals surface area contributed by atoms with Crippen LogP contribution in [0.5, 0.6) is 0 Å². The molecule has 0 fully saturated rings. The van der Waals surface area contributed by atoms with E-state index in [1.165, 1.54) is 0 Å². The first-order chi connectivity index (χ1) is 7.57. The van der Waals surface area contributed by atoms with Gasteiger partial charge in [-0.05, 0) is 31.5 Å². The molecule has 1 aromatic rings. The van der Waals surface area contributed by atoms with Gasteiger partial charge in [-0.3, -0.25) is 4.99 Å². The van der Waals surface area contributed by atoms with Gasteiger partial charge in [-0.25, -0.2) is 0 Å². The van der Waals surface area contributed by atoms with Crippen molar-refractivity contribution >= 4 is 23.2 Å². The van der Waals surface area contributed by atoms with Crippen LogP contribution in [-0.2, 0) is 0 Å². The molecule has 86 valence electrons. The van der Waals surface area contributed by atoms with Crippen LogP contribution in [-0.4, -0.2) is 18.0 Å². The first-order valence-electron chi connectivity index (χ1n) is 5.42. The van der Waals surface area contributed by atoms with E-state index < -0.39 is 0 Å². The van der Waals surface area contributed by atoms with Crippen molar-refractivity contribution in [2.45, 2.75) is 25.8 Å².